The molecule has 0 unspecified atom stereocenters. The van der Waals surface area contributed by atoms with Crippen molar-refractivity contribution in [2.24, 2.45) is 0 Å². The Balaban J connectivity index is 2.18. The van der Waals surface area contributed by atoms with Gasteiger partial charge in [-0.05, 0) is 12.1 Å². The van der Waals surface area contributed by atoms with Crippen LogP contribution in [0.1, 0.15) is 16.1 Å². The van der Waals surface area contributed by atoms with E-state index in [4.69, 9.17) is 15.7 Å². The lowest BCUT2D eigenvalue weighted by atomic mass is 10.1. The monoisotopic (exact) mass is 307 g/mol. The fourth-order valence-corrected chi connectivity index (χ4v) is 2.36. The van der Waals surface area contributed by atoms with E-state index >= 15 is 0 Å². The number of H-pyrrole nitrogens is 1. The predicted molar refractivity (Wildman–Crippen MR) is 83.8 cm³/mol. The molecule has 0 bridgehead atoms. The van der Waals surface area contributed by atoms with Gasteiger partial charge in [0, 0.05) is 17.4 Å². The van der Waals surface area contributed by atoms with E-state index in [0.717, 1.165) is 11.3 Å². The number of rotatable bonds is 3. The van der Waals surface area contributed by atoms with E-state index in [2.05, 4.69) is 9.97 Å². The molecule has 0 aliphatic rings. The number of nitrogens with zero attached hydrogens (tertiary/aromatic N) is 3. The number of imidazole rings is 1. The van der Waals surface area contributed by atoms with Crippen molar-refractivity contribution >= 4 is 11.7 Å². The quantitative estimate of drug-likeness (QED) is 0.720. The van der Waals surface area contributed by atoms with Crippen molar-refractivity contribution in [3.05, 3.63) is 54.2 Å². The van der Waals surface area contributed by atoms with Crippen LogP contribution in [0.5, 0.6) is 0 Å². The van der Waals surface area contributed by atoms with E-state index in [1.807, 2.05) is 30.3 Å². The second kappa shape index (κ2) is 5.69. The Morgan fingerprint density at radius 1 is 1.48 bits per heavy atom. The van der Waals surface area contributed by atoms with Crippen LogP contribution in [0.2, 0.25) is 0 Å². The first kappa shape index (κ1) is 14.4. The fourth-order valence-electron chi connectivity index (χ4n) is 2.36. The van der Waals surface area contributed by atoms with Gasteiger partial charge in [0.1, 0.15) is 6.07 Å². The highest BCUT2D eigenvalue weighted by atomic mass is 16.5. The average Bonchev–Trinajstić information content (AvgIpc) is 3.22. The van der Waals surface area contributed by atoms with Crippen LogP contribution in [0.4, 0.5) is 5.69 Å². The van der Waals surface area contributed by atoms with Crippen molar-refractivity contribution in [3.8, 4) is 23.0 Å². The minimum Gasteiger partial charge on any atom is -0.464 e. The number of esters is 1. The summed E-state index contributed by atoms with van der Waals surface area (Å²) < 4.78 is 6.33. The molecule has 0 radical (unpaired) electrons. The standard InChI is InChI=1S/C16H13N5O2/c1-23-16(22)15-14(18)11(6-17)8-21(15)12-4-2-3-10(5-12)13-7-19-9-20-13/h2-5,7-9H,18H2,1H3,(H,19,20). The van der Waals surface area contributed by atoms with Crippen LogP contribution >= 0.6 is 0 Å². The number of hydrogen-bond donors (Lipinski definition) is 2. The van der Waals surface area contributed by atoms with E-state index in [0.29, 0.717) is 5.69 Å². The fraction of sp³-hybridized carbons (Fsp3) is 0.0625. The maximum absolute atomic E-state index is 12.0. The molecule has 0 spiro atoms. The van der Waals surface area contributed by atoms with Crippen LogP contribution in [-0.4, -0.2) is 27.6 Å². The Labute approximate surface area is 131 Å². The van der Waals surface area contributed by atoms with Crippen LogP contribution in [0.25, 0.3) is 16.9 Å². The Hall–Kier alpha value is -3.53. The summed E-state index contributed by atoms with van der Waals surface area (Å²) in [4.78, 5) is 19.0. The van der Waals surface area contributed by atoms with Gasteiger partial charge in [-0.25, -0.2) is 9.78 Å². The van der Waals surface area contributed by atoms with Crippen LogP contribution < -0.4 is 5.73 Å². The molecule has 0 atom stereocenters. The van der Waals surface area contributed by atoms with E-state index in [9.17, 15) is 4.79 Å². The predicted octanol–water partition coefficient (Wildman–Crippen LogP) is 2.11. The summed E-state index contributed by atoms with van der Waals surface area (Å²) in [7, 11) is 1.27. The Morgan fingerprint density at radius 3 is 2.96 bits per heavy atom. The lowest BCUT2D eigenvalue weighted by Gasteiger charge is -2.09. The van der Waals surface area contributed by atoms with Gasteiger partial charge in [0.05, 0.1) is 36.6 Å². The number of nitrogens with one attached hydrogen (secondary N) is 1. The van der Waals surface area contributed by atoms with Gasteiger partial charge in [0.2, 0.25) is 0 Å². The number of carbonyl (C=O) groups is 1. The molecular formula is C16H13N5O2. The Kier molecular flexibility index (Phi) is 3.57. The summed E-state index contributed by atoms with van der Waals surface area (Å²) in [6, 6.07) is 9.40. The number of aromatic nitrogens is 3. The van der Waals surface area contributed by atoms with Crippen molar-refractivity contribution in [1.29, 1.82) is 5.26 Å². The molecule has 23 heavy (non-hydrogen) atoms. The summed E-state index contributed by atoms with van der Waals surface area (Å²) in [6.07, 6.45) is 4.81. The minimum atomic E-state index is -0.601. The first-order valence-electron chi connectivity index (χ1n) is 6.74. The van der Waals surface area contributed by atoms with Gasteiger partial charge in [-0.15, -0.1) is 0 Å². The molecular weight excluding hydrogens is 294 g/mol. The molecule has 0 amide bonds. The summed E-state index contributed by atoms with van der Waals surface area (Å²) in [5.74, 6) is -0.601. The number of benzene rings is 1. The molecule has 114 valence electrons. The first-order valence-corrected chi connectivity index (χ1v) is 6.74. The summed E-state index contributed by atoms with van der Waals surface area (Å²) in [5.41, 5.74) is 8.77. The number of nitrogens with two attached hydrogens (primary N) is 1. The largest absolute Gasteiger partial charge is 0.464 e. The molecule has 3 rings (SSSR count). The van der Waals surface area contributed by atoms with Gasteiger partial charge < -0.3 is 20.0 Å². The highest BCUT2D eigenvalue weighted by Gasteiger charge is 2.21. The molecule has 3 N–H and O–H groups in total. The molecule has 0 aliphatic carbocycles. The molecule has 7 nitrogen and oxygen atoms in total. The number of nitrogen functional groups attached to an aromatic ring is 1. The second-order valence-electron chi connectivity index (χ2n) is 4.79. The highest BCUT2D eigenvalue weighted by Crippen LogP contribution is 2.27. The summed E-state index contributed by atoms with van der Waals surface area (Å²) in [5, 5.41) is 9.15. The Morgan fingerprint density at radius 2 is 2.30 bits per heavy atom. The lowest BCUT2D eigenvalue weighted by molar-refractivity contribution is 0.0593. The highest BCUT2D eigenvalue weighted by molar-refractivity contribution is 5.96. The van der Waals surface area contributed by atoms with Crippen molar-refractivity contribution < 1.29 is 9.53 Å². The molecule has 2 aromatic heterocycles. The topological polar surface area (TPSA) is 110 Å². The maximum Gasteiger partial charge on any atom is 0.357 e. The lowest BCUT2D eigenvalue weighted by Crippen LogP contribution is -2.11. The second-order valence-corrected chi connectivity index (χ2v) is 4.79. The van der Waals surface area contributed by atoms with E-state index in [1.54, 1.807) is 17.1 Å². The van der Waals surface area contributed by atoms with Crippen LogP contribution in [0, 0.1) is 11.3 Å². The van der Waals surface area contributed by atoms with E-state index in [-0.39, 0.29) is 16.9 Å². The number of anilines is 1. The number of nitriles is 1. The van der Waals surface area contributed by atoms with Gasteiger partial charge >= 0.3 is 5.97 Å². The molecule has 1 aromatic carbocycles. The van der Waals surface area contributed by atoms with Crippen LogP contribution in [0.15, 0.2) is 43.0 Å². The number of aromatic amines is 1. The van der Waals surface area contributed by atoms with Gasteiger partial charge in [-0.2, -0.15) is 5.26 Å². The number of ether oxygens (including phenoxy) is 1. The zero-order chi connectivity index (χ0) is 16.4. The van der Waals surface area contributed by atoms with Gasteiger partial charge in [-0.3, -0.25) is 0 Å². The molecule has 7 heteroatoms. The van der Waals surface area contributed by atoms with E-state index < -0.39 is 5.97 Å². The zero-order valence-electron chi connectivity index (χ0n) is 12.3. The average molecular weight is 307 g/mol. The number of hydrogen-bond acceptors (Lipinski definition) is 5. The molecule has 0 fully saturated rings. The van der Waals surface area contributed by atoms with Crippen molar-refractivity contribution in [3.63, 3.8) is 0 Å². The van der Waals surface area contributed by atoms with Gasteiger partial charge in [0.15, 0.2) is 5.69 Å². The smallest absolute Gasteiger partial charge is 0.357 e. The van der Waals surface area contributed by atoms with Crippen molar-refractivity contribution in [2.45, 2.75) is 0 Å². The third kappa shape index (κ3) is 2.42. The van der Waals surface area contributed by atoms with Gasteiger partial charge in [-0.1, -0.05) is 12.1 Å². The van der Waals surface area contributed by atoms with Crippen LogP contribution in [0.3, 0.4) is 0 Å². The van der Waals surface area contributed by atoms with Crippen LogP contribution in [-0.2, 0) is 4.74 Å². The number of carbonyl (C=O) groups excluding carboxylic acids is 1. The molecule has 0 aliphatic heterocycles. The third-order valence-corrected chi connectivity index (χ3v) is 3.48. The SMILES string of the molecule is COC(=O)c1c(N)c(C#N)cn1-c1cccc(-c2cnc[nH]2)c1. The third-order valence-electron chi connectivity index (χ3n) is 3.48. The molecule has 2 heterocycles. The van der Waals surface area contributed by atoms with Crippen molar-refractivity contribution in [1.82, 2.24) is 14.5 Å². The zero-order valence-corrected chi connectivity index (χ0v) is 12.3. The number of methoxy groups -OCH3 is 1. The van der Waals surface area contributed by atoms with Gasteiger partial charge in [0.25, 0.3) is 0 Å². The molecule has 0 saturated heterocycles. The molecule has 3 aromatic rings. The van der Waals surface area contributed by atoms with Crippen molar-refractivity contribution in [2.75, 3.05) is 12.8 Å². The summed E-state index contributed by atoms with van der Waals surface area (Å²) in [6.45, 7) is 0. The molecule has 0 saturated carbocycles. The first-order chi connectivity index (χ1) is 11.2. The Bertz CT molecular complexity index is 903. The maximum atomic E-state index is 12.0. The normalized spacial score (nSPS) is 10.3. The minimum absolute atomic E-state index is 0.103. The summed E-state index contributed by atoms with van der Waals surface area (Å²) >= 11 is 0. The van der Waals surface area contributed by atoms with E-state index in [1.165, 1.54) is 13.3 Å².